The lowest BCUT2D eigenvalue weighted by atomic mass is 10.2. The Balaban J connectivity index is 1.94. The number of nitrogens with one attached hydrogen (secondary N) is 1. The Hall–Kier alpha value is -3.87. The van der Waals surface area contributed by atoms with E-state index < -0.39 is 26.1 Å². The van der Waals surface area contributed by atoms with Crippen LogP contribution in [0.4, 0.5) is 17.1 Å². The number of benzene rings is 2. The van der Waals surface area contributed by atoms with E-state index >= 15 is 0 Å². The zero-order chi connectivity index (χ0) is 19.6. The molecule has 0 amide bonds. The van der Waals surface area contributed by atoms with Crippen molar-refractivity contribution in [2.24, 2.45) is 0 Å². The number of aromatic nitrogens is 3. The van der Waals surface area contributed by atoms with Gasteiger partial charge in [-0.25, -0.2) is 4.98 Å². The van der Waals surface area contributed by atoms with Crippen molar-refractivity contribution >= 4 is 28.8 Å². The summed E-state index contributed by atoms with van der Waals surface area (Å²) in [7, 11) is 0. The van der Waals surface area contributed by atoms with Crippen LogP contribution >= 0.6 is 11.8 Å². The average molecular weight is 388 g/mol. The number of non-ortho nitro benzene ring substituents is 1. The van der Waals surface area contributed by atoms with Gasteiger partial charge in [-0.15, -0.1) is 5.10 Å². The highest BCUT2D eigenvalue weighted by Crippen LogP contribution is 2.36. The molecule has 0 aliphatic heterocycles. The number of hydrogen-bond donors (Lipinski definition) is 1. The maximum Gasteiger partial charge on any atom is 0.290 e. The SMILES string of the molecule is O=[N+]([O-])c1ccc(Sc2n[nH]c(-c3ccccc3[N+](=O)[O-])n2)c([N+](=O)[O-])c1. The van der Waals surface area contributed by atoms with Gasteiger partial charge in [0.25, 0.3) is 17.1 Å². The second kappa shape index (κ2) is 7.17. The highest BCUT2D eigenvalue weighted by Gasteiger charge is 2.23. The van der Waals surface area contributed by atoms with E-state index in [4.69, 9.17) is 0 Å². The highest BCUT2D eigenvalue weighted by atomic mass is 32.2. The van der Waals surface area contributed by atoms with E-state index in [9.17, 15) is 30.3 Å². The minimum Gasteiger partial charge on any atom is -0.258 e. The van der Waals surface area contributed by atoms with Gasteiger partial charge < -0.3 is 0 Å². The monoisotopic (exact) mass is 388 g/mol. The fraction of sp³-hybridized carbons (Fsp3) is 0. The molecular formula is C14H8N6O6S. The van der Waals surface area contributed by atoms with Gasteiger partial charge in [-0.05, 0) is 23.9 Å². The minimum absolute atomic E-state index is 0.0695. The Bertz CT molecular complexity index is 1070. The van der Waals surface area contributed by atoms with Crippen LogP contribution in [0.15, 0.2) is 52.5 Å². The molecule has 136 valence electrons. The lowest BCUT2D eigenvalue weighted by Crippen LogP contribution is -1.94. The molecule has 1 aromatic heterocycles. The van der Waals surface area contributed by atoms with Crippen LogP contribution in [-0.4, -0.2) is 30.0 Å². The molecule has 12 nitrogen and oxygen atoms in total. The van der Waals surface area contributed by atoms with Crippen LogP contribution in [0.25, 0.3) is 11.4 Å². The molecule has 0 radical (unpaired) electrons. The quantitative estimate of drug-likeness (QED) is 0.491. The summed E-state index contributed by atoms with van der Waals surface area (Å²) >= 11 is 0.805. The molecule has 0 aliphatic carbocycles. The first kappa shape index (κ1) is 17.9. The van der Waals surface area contributed by atoms with Crippen molar-refractivity contribution in [3.05, 3.63) is 72.8 Å². The predicted molar refractivity (Wildman–Crippen MR) is 92.3 cm³/mol. The van der Waals surface area contributed by atoms with Crippen molar-refractivity contribution in [1.29, 1.82) is 0 Å². The summed E-state index contributed by atoms with van der Waals surface area (Å²) in [5.74, 6) is 0.120. The van der Waals surface area contributed by atoms with Crippen molar-refractivity contribution in [3.8, 4) is 11.4 Å². The van der Waals surface area contributed by atoms with E-state index in [1.165, 1.54) is 24.3 Å². The number of nitro benzene ring substituents is 3. The summed E-state index contributed by atoms with van der Waals surface area (Å²) in [5.41, 5.74) is -0.848. The van der Waals surface area contributed by atoms with Crippen LogP contribution in [0.3, 0.4) is 0 Å². The zero-order valence-corrected chi connectivity index (χ0v) is 14.0. The van der Waals surface area contributed by atoms with Crippen LogP contribution in [0, 0.1) is 30.3 Å². The van der Waals surface area contributed by atoms with E-state index in [1.807, 2.05) is 0 Å². The van der Waals surface area contributed by atoms with Crippen molar-refractivity contribution < 1.29 is 14.8 Å². The molecule has 0 saturated heterocycles. The summed E-state index contributed by atoms with van der Waals surface area (Å²) in [6, 6.07) is 9.10. The molecule has 0 bridgehead atoms. The summed E-state index contributed by atoms with van der Waals surface area (Å²) < 4.78 is 0. The normalized spacial score (nSPS) is 10.5. The van der Waals surface area contributed by atoms with Crippen molar-refractivity contribution in [2.75, 3.05) is 0 Å². The number of para-hydroxylation sites is 1. The van der Waals surface area contributed by atoms with Crippen molar-refractivity contribution in [3.63, 3.8) is 0 Å². The molecule has 3 aromatic rings. The Morgan fingerprint density at radius 1 is 0.889 bits per heavy atom. The number of H-pyrrole nitrogens is 1. The van der Waals surface area contributed by atoms with Gasteiger partial charge in [0.1, 0.15) is 0 Å². The Morgan fingerprint density at radius 3 is 2.26 bits per heavy atom. The second-order valence-electron chi connectivity index (χ2n) is 5.01. The van der Waals surface area contributed by atoms with Gasteiger partial charge in [-0.2, -0.15) is 0 Å². The van der Waals surface area contributed by atoms with Crippen LogP contribution in [0.2, 0.25) is 0 Å². The molecule has 0 atom stereocenters. The third kappa shape index (κ3) is 3.72. The standard InChI is InChI=1S/C14H8N6O6S/c21-18(22)8-5-6-12(11(7-8)20(25)26)27-14-15-13(16-17-14)9-3-1-2-4-10(9)19(23)24/h1-7H,(H,15,16,17). The van der Waals surface area contributed by atoms with Crippen molar-refractivity contribution in [1.82, 2.24) is 15.2 Å². The highest BCUT2D eigenvalue weighted by molar-refractivity contribution is 7.99. The van der Waals surface area contributed by atoms with Gasteiger partial charge in [0.15, 0.2) is 5.82 Å². The Labute approximate surface area is 153 Å². The average Bonchev–Trinajstić information content (AvgIpc) is 3.10. The van der Waals surface area contributed by atoms with E-state index in [1.54, 1.807) is 6.07 Å². The van der Waals surface area contributed by atoms with Gasteiger partial charge in [-0.1, -0.05) is 12.1 Å². The smallest absolute Gasteiger partial charge is 0.258 e. The summed E-state index contributed by atoms with van der Waals surface area (Å²) in [6.45, 7) is 0. The second-order valence-corrected chi connectivity index (χ2v) is 6.02. The van der Waals surface area contributed by atoms with Gasteiger partial charge in [0.05, 0.1) is 31.3 Å². The number of aromatic amines is 1. The molecule has 0 unspecified atom stereocenters. The molecule has 27 heavy (non-hydrogen) atoms. The van der Waals surface area contributed by atoms with E-state index in [0.717, 1.165) is 23.9 Å². The zero-order valence-electron chi connectivity index (χ0n) is 13.1. The molecule has 3 rings (SSSR count). The number of rotatable bonds is 6. The van der Waals surface area contributed by atoms with Gasteiger partial charge in [0.2, 0.25) is 5.16 Å². The van der Waals surface area contributed by atoms with E-state index in [0.29, 0.717) is 0 Å². The number of nitrogens with zero attached hydrogens (tertiary/aromatic N) is 5. The maximum absolute atomic E-state index is 11.2. The molecule has 0 aliphatic rings. The predicted octanol–water partition coefficient (Wildman–Crippen LogP) is 3.35. The van der Waals surface area contributed by atoms with Crippen LogP contribution < -0.4 is 0 Å². The molecule has 2 aromatic carbocycles. The van der Waals surface area contributed by atoms with E-state index in [2.05, 4.69) is 15.2 Å². The topological polar surface area (TPSA) is 171 Å². The first-order valence-electron chi connectivity index (χ1n) is 7.13. The third-order valence-corrected chi connectivity index (χ3v) is 4.30. The van der Waals surface area contributed by atoms with E-state index in [-0.39, 0.29) is 27.1 Å². The first-order valence-corrected chi connectivity index (χ1v) is 7.95. The summed E-state index contributed by atoms with van der Waals surface area (Å²) in [4.78, 5) is 35.2. The summed E-state index contributed by atoms with van der Waals surface area (Å²) in [5, 5.41) is 39.6. The van der Waals surface area contributed by atoms with Gasteiger partial charge in [0, 0.05) is 12.1 Å². The number of nitro groups is 3. The lowest BCUT2D eigenvalue weighted by Gasteiger charge is -2.00. The maximum atomic E-state index is 11.2. The first-order chi connectivity index (χ1) is 12.9. The largest absolute Gasteiger partial charge is 0.290 e. The van der Waals surface area contributed by atoms with Crippen LogP contribution in [0.5, 0.6) is 0 Å². The fourth-order valence-corrected chi connectivity index (χ4v) is 2.99. The molecule has 13 heteroatoms. The Morgan fingerprint density at radius 2 is 1.59 bits per heavy atom. The van der Waals surface area contributed by atoms with Crippen molar-refractivity contribution in [2.45, 2.75) is 10.1 Å². The van der Waals surface area contributed by atoms with Gasteiger partial charge in [-0.3, -0.25) is 35.4 Å². The molecule has 0 fully saturated rings. The number of hydrogen-bond acceptors (Lipinski definition) is 9. The van der Waals surface area contributed by atoms with Crippen LogP contribution in [-0.2, 0) is 0 Å². The lowest BCUT2D eigenvalue weighted by molar-refractivity contribution is -0.396. The van der Waals surface area contributed by atoms with Crippen LogP contribution in [0.1, 0.15) is 0 Å². The molecule has 0 spiro atoms. The molecular weight excluding hydrogens is 380 g/mol. The third-order valence-electron chi connectivity index (χ3n) is 3.37. The summed E-state index contributed by atoms with van der Waals surface area (Å²) in [6.07, 6.45) is 0. The molecule has 1 N–H and O–H groups in total. The Kier molecular flexibility index (Phi) is 4.76. The minimum atomic E-state index is -0.745. The molecule has 0 saturated carbocycles. The van der Waals surface area contributed by atoms with Gasteiger partial charge >= 0.3 is 0 Å². The molecule has 1 heterocycles. The fourth-order valence-electron chi connectivity index (χ4n) is 2.19.